The highest BCUT2D eigenvalue weighted by Gasteiger charge is 2.26. The average molecular weight is 407 g/mol. The molecule has 0 bridgehead atoms. The second kappa shape index (κ2) is 7.68. The first kappa shape index (κ1) is 19.2. The number of aromatic nitrogens is 1. The molecule has 6 heteroatoms. The van der Waals surface area contributed by atoms with Gasteiger partial charge in [-0.3, -0.25) is 19.0 Å². The summed E-state index contributed by atoms with van der Waals surface area (Å²) in [7, 11) is 0. The molecule has 1 aromatic heterocycles. The van der Waals surface area contributed by atoms with E-state index in [0.717, 1.165) is 5.56 Å². The number of anilines is 1. The zero-order chi connectivity index (χ0) is 20.5. The van der Waals surface area contributed by atoms with Gasteiger partial charge >= 0.3 is 0 Å². The molecule has 0 unspecified atom stereocenters. The minimum absolute atomic E-state index is 0.0566. The van der Waals surface area contributed by atoms with E-state index >= 15 is 0 Å². The number of halogens is 1. The SMILES string of the molecule is Cc1ccc(-n2c3c(cc(C(=O)Nc4ccccc4Cl)c2=O)C(=O)CCC3)cc1. The molecule has 29 heavy (non-hydrogen) atoms. The molecule has 1 heterocycles. The third-order valence-electron chi connectivity index (χ3n) is 5.08. The summed E-state index contributed by atoms with van der Waals surface area (Å²) < 4.78 is 1.49. The van der Waals surface area contributed by atoms with Crippen LogP contribution in [-0.4, -0.2) is 16.3 Å². The number of nitrogens with zero attached hydrogens (tertiary/aromatic N) is 1. The fourth-order valence-electron chi connectivity index (χ4n) is 3.57. The molecule has 0 radical (unpaired) electrons. The molecule has 0 saturated heterocycles. The number of carbonyl (C=O) groups excluding carboxylic acids is 2. The normalized spacial score (nSPS) is 13.1. The first-order chi connectivity index (χ1) is 14.0. The lowest BCUT2D eigenvalue weighted by atomic mass is 9.92. The van der Waals surface area contributed by atoms with Crippen molar-refractivity contribution in [2.45, 2.75) is 26.2 Å². The molecule has 2 aromatic carbocycles. The zero-order valence-corrected chi connectivity index (χ0v) is 16.6. The maximum atomic E-state index is 13.3. The number of fused-ring (bicyclic) bond motifs is 1. The fourth-order valence-corrected chi connectivity index (χ4v) is 3.76. The quantitative estimate of drug-likeness (QED) is 0.692. The number of nitrogens with one attached hydrogen (secondary N) is 1. The van der Waals surface area contributed by atoms with Gasteiger partial charge in [0, 0.05) is 23.4 Å². The van der Waals surface area contributed by atoms with Crippen molar-refractivity contribution in [2.24, 2.45) is 0 Å². The van der Waals surface area contributed by atoms with Crippen molar-refractivity contribution < 1.29 is 9.59 Å². The number of pyridine rings is 1. The number of aryl methyl sites for hydroxylation is 1. The lowest BCUT2D eigenvalue weighted by molar-refractivity contribution is 0.0971. The van der Waals surface area contributed by atoms with E-state index in [1.54, 1.807) is 24.3 Å². The van der Waals surface area contributed by atoms with Gasteiger partial charge in [0.05, 0.1) is 10.7 Å². The summed E-state index contributed by atoms with van der Waals surface area (Å²) in [6.07, 6.45) is 1.70. The van der Waals surface area contributed by atoms with E-state index in [4.69, 9.17) is 11.6 Å². The minimum atomic E-state index is -0.592. The number of rotatable bonds is 3. The van der Waals surface area contributed by atoms with Crippen LogP contribution in [0.1, 0.15) is 44.8 Å². The highest BCUT2D eigenvalue weighted by Crippen LogP contribution is 2.25. The Balaban J connectivity index is 1.88. The van der Waals surface area contributed by atoms with E-state index < -0.39 is 11.5 Å². The van der Waals surface area contributed by atoms with Gasteiger partial charge in [-0.05, 0) is 50.1 Å². The smallest absolute Gasteiger partial charge is 0.268 e. The summed E-state index contributed by atoms with van der Waals surface area (Å²) in [5.74, 6) is -0.649. The van der Waals surface area contributed by atoms with Gasteiger partial charge < -0.3 is 5.32 Å². The van der Waals surface area contributed by atoms with Crippen molar-refractivity contribution in [2.75, 3.05) is 5.32 Å². The number of hydrogen-bond donors (Lipinski definition) is 1. The molecule has 0 spiro atoms. The lowest BCUT2D eigenvalue weighted by Gasteiger charge is -2.22. The molecule has 1 amide bonds. The first-order valence-corrected chi connectivity index (χ1v) is 9.78. The van der Waals surface area contributed by atoms with Crippen LogP contribution in [0.4, 0.5) is 5.69 Å². The molecule has 0 saturated carbocycles. The number of hydrogen-bond acceptors (Lipinski definition) is 3. The molecule has 4 rings (SSSR count). The number of carbonyl (C=O) groups is 2. The summed E-state index contributed by atoms with van der Waals surface area (Å²) in [6, 6.07) is 15.7. The van der Waals surface area contributed by atoms with Gasteiger partial charge in [-0.15, -0.1) is 0 Å². The van der Waals surface area contributed by atoms with Crippen molar-refractivity contribution in [3.8, 4) is 5.69 Å². The second-order valence-electron chi connectivity index (χ2n) is 7.11. The first-order valence-electron chi connectivity index (χ1n) is 9.41. The third kappa shape index (κ3) is 3.61. The number of para-hydroxylation sites is 1. The van der Waals surface area contributed by atoms with Crippen LogP contribution in [-0.2, 0) is 6.42 Å². The molecular formula is C23H19ClN2O3. The molecule has 5 nitrogen and oxygen atoms in total. The van der Waals surface area contributed by atoms with Crippen LogP contribution >= 0.6 is 11.6 Å². The summed E-state index contributed by atoms with van der Waals surface area (Å²) >= 11 is 6.12. The standard InChI is InChI=1S/C23H19ClN2O3/c1-14-9-11-15(12-10-14)26-20-7-4-8-21(27)16(20)13-17(23(26)29)22(28)25-19-6-3-2-5-18(19)24/h2-3,5-6,9-13H,4,7-8H2,1H3,(H,25,28). The lowest BCUT2D eigenvalue weighted by Crippen LogP contribution is -2.33. The van der Waals surface area contributed by atoms with E-state index in [0.29, 0.717) is 46.9 Å². The van der Waals surface area contributed by atoms with Crippen LogP contribution in [0, 0.1) is 6.92 Å². The molecular weight excluding hydrogens is 388 g/mol. The van der Waals surface area contributed by atoms with Gasteiger partial charge in [0.1, 0.15) is 5.56 Å². The monoisotopic (exact) mass is 406 g/mol. The van der Waals surface area contributed by atoms with Gasteiger partial charge in [-0.25, -0.2) is 0 Å². The number of Topliss-reactive ketones (excluding diaryl/α,β-unsaturated/α-hetero) is 1. The van der Waals surface area contributed by atoms with E-state index in [2.05, 4.69) is 5.32 Å². The van der Waals surface area contributed by atoms with Crippen LogP contribution in [0.5, 0.6) is 0 Å². The van der Waals surface area contributed by atoms with Crippen molar-refractivity contribution >= 4 is 29.0 Å². The molecule has 1 aliphatic carbocycles. The molecule has 146 valence electrons. The predicted octanol–water partition coefficient (Wildman–Crippen LogP) is 4.57. The Morgan fingerprint density at radius 3 is 2.48 bits per heavy atom. The number of ketones is 1. The van der Waals surface area contributed by atoms with Gasteiger partial charge in [0.2, 0.25) is 0 Å². The van der Waals surface area contributed by atoms with Gasteiger partial charge in [-0.1, -0.05) is 41.4 Å². The summed E-state index contributed by atoms with van der Waals surface area (Å²) in [5.41, 5.74) is 2.65. The number of benzene rings is 2. The maximum Gasteiger partial charge on any atom is 0.268 e. The average Bonchev–Trinajstić information content (AvgIpc) is 2.70. The van der Waals surface area contributed by atoms with Gasteiger partial charge in [0.15, 0.2) is 5.78 Å². The van der Waals surface area contributed by atoms with Crippen LogP contribution in [0.15, 0.2) is 59.4 Å². The second-order valence-corrected chi connectivity index (χ2v) is 7.51. The van der Waals surface area contributed by atoms with Crippen LogP contribution in [0.25, 0.3) is 5.69 Å². The summed E-state index contributed by atoms with van der Waals surface area (Å²) in [6.45, 7) is 1.96. The predicted molar refractivity (Wildman–Crippen MR) is 113 cm³/mol. The Bertz CT molecular complexity index is 1180. The highest BCUT2D eigenvalue weighted by molar-refractivity contribution is 6.33. The Hall–Kier alpha value is -3.18. The minimum Gasteiger partial charge on any atom is -0.320 e. The van der Waals surface area contributed by atoms with Crippen molar-refractivity contribution in [3.63, 3.8) is 0 Å². The highest BCUT2D eigenvalue weighted by atomic mass is 35.5. The molecule has 0 fully saturated rings. The Kier molecular flexibility index (Phi) is 5.07. The van der Waals surface area contributed by atoms with Crippen LogP contribution < -0.4 is 10.9 Å². The topological polar surface area (TPSA) is 68.2 Å². The Morgan fingerprint density at radius 2 is 1.76 bits per heavy atom. The fraction of sp³-hybridized carbons (Fsp3) is 0.174. The Labute approximate surface area is 172 Å². The van der Waals surface area contributed by atoms with Crippen molar-refractivity contribution in [1.82, 2.24) is 4.57 Å². The van der Waals surface area contributed by atoms with E-state index in [-0.39, 0.29) is 11.3 Å². The zero-order valence-electron chi connectivity index (χ0n) is 15.9. The van der Waals surface area contributed by atoms with Gasteiger partial charge in [-0.2, -0.15) is 0 Å². The van der Waals surface area contributed by atoms with E-state index in [1.807, 2.05) is 31.2 Å². The van der Waals surface area contributed by atoms with E-state index in [1.165, 1.54) is 10.6 Å². The van der Waals surface area contributed by atoms with Crippen molar-refractivity contribution in [3.05, 3.63) is 92.4 Å². The van der Waals surface area contributed by atoms with Crippen molar-refractivity contribution in [1.29, 1.82) is 0 Å². The molecule has 0 atom stereocenters. The Morgan fingerprint density at radius 1 is 1.03 bits per heavy atom. The van der Waals surface area contributed by atoms with E-state index in [9.17, 15) is 14.4 Å². The number of amides is 1. The van der Waals surface area contributed by atoms with Crippen LogP contribution in [0.2, 0.25) is 5.02 Å². The third-order valence-corrected chi connectivity index (χ3v) is 5.41. The van der Waals surface area contributed by atoms with Gasteiger partial charge in [0.25, 0.3) is 11.5 Å². The summed E-state index contributed by atoms with van der Waals surface area (Å²) in [4.78, 5) is 38.8. The molecule has 3 aromatic rings. The summed E-state index contributed by atoms with van der Waals surface area (Å²) in [5, 5.41) is 3.05. The largest absolute Gasteiger partial charge is 0.320 e. The molecule has 1 N–H and O–H groups in total. The maximum absolute atomic E-state index is 13.3. The van der Waals surface area contributed by atoms with Crippen LogP contribution in [0.3, 0.4) is 0 Å². The molecule has 0 aliphatic heterocycles. The molecule has 1 aliphatic rings.